The normalized spacial score (nSPS) is 13.7. The molecule has 1 N–H and O–H groups in total. The van der Waals surface area contributed by atoms with Crippen LogP contribution in [0.5, 0.6) is 0 Å². The summed E-state index contributed by atoms with van der Waals surface area (Å²) < 4.78 is 0. The fraction of sp³-hybridized carbons (Fsp3) is 0.231. The Balaban J connectivity index is 1.47. The number of rotatable bonds is 6. The van der Waals surface area contributed by atoms with Crippen molar-refractivity contribution in [2.24, 2.45) is 0 Å². The molecule has 0 bridgehead atoms. The van der Waals surface area contributed by atoms with Crippen LogP contribution in [0.4, 0.5) is 11.4 Å². The molecule has 0 unspecified atom stereocenters. The summed E-state index contributed by atoms with van der Waals surface area (Å²) in [5, 5.41) is 2.97. The predicted molar refractivity (Wildman–Crippen MR) is 132 cm³/mol. The minimum absolute atomic E-state index is 0.0511. The molecular formula is C26H27N3O2S. The highest BCUT2D eigenvalue weighted by Gasteiger charge is 2.24. The molecule has 0 saturated carbocycles. The van der Waals surface area contributed by atoms with Gasteiger partial charge in [0.1, 0.15) is 0 Å². The number of nitrogens with one attached hydrogen (secondary N) is 1. The Morgan fingerprint density at radius 2 is 1.44 bits per heavy atom. The summed E-state index contributed by atoms with van der Waals surface area (Å²) in [6, 6.07) is 25.1. The van der Waals surface area contributed by atoms with E-state index in [1.54, 1.807) is 23.9 Å². The van der Waals surface area contributed by atoms with Crippen LogP contribution in [-0.2, 0) is 0 Å². The lowest BCUT2D eigenvalue weighted by molar-refractivity contribution is 0.0748. The standard InChI is InChI=1S/C26H27N3O2S/c1-2-32-24-15-9-7-13-22(24)25(30)27-23-14-8-6-12-21(23)26(31)29-18-16-28(17-19-29)20-10-4-3-5-11-20/h3-15H,2,16-19H2,1H3,(H,27,30). The molecule has 1 aliphatic heterocycles. The summed E-state index contributed by atoms with van der Waals surface area (Å²) >= 11 is 1.63. The topological polar surface area (TPSA) is 52.7 Å². The number of hydrogen-bond acceptors (Lipinski definition) is 4. The second-order valence-electron chi connectivity index (χ2n) is 7.54. The molecule has 0 radical (unpaired) electrons. The smallest absolute Gasteiger partial charge is 0.256 e. The van der Waals surface area contributed by atoms with Gasteiger partial charge in [0.15, 0.2) is 0 Å². The van der Waals surface area contributed by atoms with Gasteiger partial charge in [-0.3, -0.25) is 9.59 Å². The first kappa shape index (κ1) is 22.0. The van der Waals surface area contributed by atoms with Crippen molar-refractivity contribution in [3.8, 4) is 0 Å². The molecule has 5 nitrogen and oxygen atoms in total. The van der Waals surface area contributed by atoms with Crippen LogP contribution in [0.3, 0.4) is 0 Å². The maximum atomic E-state index is 13.3. The number of hydrogen-bond donors (Lipinski definition) is 1. The van der Waals surface area contributed by atoms with E-state index in [-0.39, 0.29) is 11.8 Å². The first-order chi connectivity index (χ1) is 15.7. The third kappa shape index (κ3) is 4.97. The van der Waals surface area contributed by atoms with Gasteiger partial charge >= 0.3 is 0 Å². The predicted octanol–water partition coefficient (Wildman–Crippen LogP) is 5.01. The Hall–Kier alpha value is -3.25. The van der Waals surface area contributed by atoms with E-state index >= 15 is 0 Å². The Kier molecular flexibility index (Phi) is 7.12. The third-order valence-corrected chi connectivity index (χ3v) is 6.48. The Morgan fingerprint density at radius 3 is 2.16 bits per heavy atom. The van der Waals surface area contributed by atoms with Gasteiger partial charge in [0.25, 0.3) is 11.8 Å². The zero-order valence-corrected chi connectivity index (χ0v) is 19.0. The van der Waals surface area contributed by atoms with Crippen LogP contribution in [-0.4, -0.2) is 48.6 Å². The van der Waals surface area contributed by atoms with Gasteiger partial charge in [-0.05, 0) is 42.2 Å². The van der Waals surface area contributed by atoms with E-state index in [0.29, 0.717) is 29.9 Å². The summed E-state index contributed by atoms with van der Waals surface area (Å²) in [4.78, 5) is 31.4. The van der Waals surface area contributed by atoms with Gasteiger partial charge in [-0.15, -0.1) is 11.8 Å². The fourth-order valence-electron chi connectivity index (χ4n) is 3.88. The van der Waals surface area contributed by atoms with Crippen molar-refractivity contribution in [1.29, 1.82) is 0 Å². The van der Waals surface area contributed by atoms with Crippen molar-refractivity contribution < 1.29 is 9.59 Å². The maximum Gasteiger partial charge on any atom is 0.256 e. The second kappa shape index (κ2) is 10.4. The number of thioether (sulfide) groups is 1. The molecule has 0 atom stereocenters. The Labute approximate surface area is 193 Å². The van der Waals surface area contributed by atoms with Crippen molar-refractivity contribution in [1.82, 2.24) is 4.90 Å². The zero-order chi connectivity index (χ0) is 22.3. The summed E-state index contributed by atoms with van der Waals surface area (Å²) in [7, 11) is 0. The molecule has 1 heterocycles. The molecule has 2 amide bonds. The summed E-state index contributed by atoms with van der Waals surface area (Å²) in [6.45, 7) is 4.92. The number of carbonyl (C=O) groups excluding carboxylic acids is 2. The van der Waals surface area contributed by atoms with Crippen molar-refractivity contribution in [2.45, 2.75) is 11.8 Å². The molecule has 32 heavy (non-hydrogen) atoms. The van der Waals surface area contributed by atoms with Gasteiger partial charge in [0.2, 0.25) is 0 Å². The van der Waals surface area contributed by atoms with Gasteiger partial charge in [0.05, 0.1) is 16.8 Å². The summed E-state index contributed by atoms with van der Waals surface area (Å²) in [5.74, 6) is 0.634. The largest absolute Gasteiger partial charge is 0.368 e. The molecule has 1 fully saturated rings. The number of benzene rings is 3. The molecule has 0 aliphatic carbocycles. The van der Waals surface area contributed by atoms with E-state index in [4.69, 9.17) is 0 Å². The van der Waals surface area contributed by atoms with Crippen LogP contribution in [0.1, 0.15) is 27.6 Å². The highest BCUT2D eigenvalue weighted by molar-refractivity contribution is 7.99. The molecular weight excluding hydrogens is 418 g/mol. The number of anilines is 2. The molecule has 6 heteroatoms. The van der Waals surface area contributed by atoms with Crippen LogP contribution in [0, 0.1) is 0 Å². The van der Waals surface area contributed by atoms with Crippen molar-refractivity contribution >= 4 is 35.0 Å². The van der Waals surface area contributed by atoms with E-state index in [1.165, 1.54) is 5.69 Å². The highest BCUT2D eigenvalue weighted by atomic mass is 32.2. The second-order valence-corrected chi connectivity index (χ2v) is 8.85. The lowest BCUT2D eigenvalue weighted by Crippen LogP contribution is -2.48. The van der Waals surface area contributed by atoms with Crippen molar-refractivity contribution in [3.63, 3.8) is 0 Å². The Morgan fingerprint density at radius 1 is 0.812 bits per heavy atom. The highest BCUT2D eigenvalue weighted by Crippen LogP contribution is 2.25. The number of para-hydroxylation sites is 2. The number of nitrogens with zero attached hydrogens (tertiary/aromatic N) is 2. The fourth-order valence-corrected chi connectivity index (χ4v) is 4.68. The first-order valence-electron chi connectivity index (χ1n) is 10.9. The number of carbonyl (C=O) groups is 2. The lowest BCUT2D eigenvalue weighted by atomic mass is 10.1. The van der Waals surface area contributed by atoms with E-state index in [1.807, 2.05) is 59.5 Å². The minimum atomic E-state index is -0.198. The van der Waals surface area contributed by atoms with Gasteiger partial charge < -0.3 is 15.1 Å². The zero-order valence-electron chi connectivity index (χ0n) is 18.2. The van der Waals surface area contributed by atoms with Crippen molar-refractivity contribution in [3.05, 3.63) is 90.0 Å². The van der Waals surface area contributed by atoms with Crippen LogP contribution in [0.15, 0.2) is 83.8 Å². The maximum absolute atomic E-state index is 13.3. The van der Waals surface area contributed by atoms with Crippen LogP contribution in [0.25, 0.3) is 0 Å². The van der Waals surface area contributed by atoms with E-state index in [0.717, 1.165) is 23.7 Å². The van der Waals surface area contributed by atoms with Gasteiger partial charge in [-0.25, -0.2) is 0 Å². The average molecular weight is 446 g/mol. The molecule has 1 aliphatic rings. The molecule has 164 valence electrons. The Bertz CT molecular complexity index is 1080. The summed E-state index contributed by atoms with van der Waals surface area (Å²) in [5.41, 5.74) is 2.87. The first-order valence-corrected chi connectivity index (χ1v) is 11.9. The van der Waals surface area contributed by atoms with Gasteiger partial charge in [-0.1, -0.05) is 49.4 Å². The van der Waals surface area contributed by atoms with E-state index in [9.17, 15) is 9.59 Å². The van der Waals surface area contributed by atoms with Crippen LogP contribution >= 0.6 is 11.8 Å². The lowest BCUT2D eigenvalue weighted by Gasteiger charge is -2.36. The number of piperazine rings is 1. The van der Waals surface area contributed by atoms with Crippen molar-refractivity contribution in [2.75, 3.05) is 42.1 Å². The van der Waals surface area contributed by atoms with E-state index in [2.05, 4.69) is 29.3 Å². The minimum Gasteiger partial charge on any atom is -0.368 e. The van der Waals surface area contributed by atoms with Gasteiger partial charge in [-0.2, -0.15) is 0 Å². The molecule has 1 saturated heterocycles. The molecule has 0 spiro atoms. The number of amides is 2. The third-order valence-electron chi connectivity index (χ3n) is 5.53. The van der Waals surface area contributed by atoms with E-state index < -0.39 is 0 Å². The monoisotopic (exact) mass is 445 g/mol. The van der Waals surface area contributed by atoms with Gasteiger partial charge in [0, 0.05) is 36.8 Å². The molecule has 4 rings (SSSR count). The quantitative estimate of drug-likeness (QED) is 0.542. The summed E-state index contributed by atoms with van der Waals surface area (Å²) in [6.07, 6.45) is 0. The molecule has 3 aromatic carbocycles. The average Bonchev–Trinajstić information content (AvgIpc) is 2.85. The SMILES string of the molecule is CCSc1ccccc1C(=O)Nc1ccccc1C(=O)N1CCN(c2ccccc2)CC1. The van der Waals surface area contributed by atoms with Crippen LogP contribution < -0.4 is 10.2 Å². The molecule has 3 aromatic rings. The molecule has 0 aromatic heterocycles. The van der Waals surface area contributed by atoms with Crippen LogP contribution in [0.2, 0.25) is 0 Å².